The minimum absolute atomic E-state index is 0.00627. The Bertz CT molecular complexity index is 484. The molecule has 0 bridgehead atoms. The van der Waals surface area contributed by atoms with E-state index in [4.69, 9.17) is 0 Å². The highest BCUT2D eigenvalue weighted by atomic mass is 32.2. The molecule has 1 amide bonds. The predicted molar refractivity (Wildman–Crippen MR) is 57.9 cm³/mol. The Labute approximate surface area is 93.2 Å². The van der Waals surface area contributed by atoms with Crippen LogP contribution in [0.15, 0.2) is 18.3 Å². The summed E-state index contributed by atoms with van der Waals surface area (Å²) in [6, 6.07) is 2.82. The Balaban J connectivity index is 2.57. The van der Waals surface area contributed by atoms with Crippen LogP contribution in [0.3, 0.4) is 0 Å². The van der Waals surface area contributed by atoms with Gasteiger partial charge in [-0.2, -0.15) is 0 Å². The summed E-state index contributed by atoms with van der Waals surface area (Å²) in [6.45, 7) is -0.00627. The molecule has 0 saturated heterocycles. The predicted octanol–water partition coefficient (Wildman–Crippen LogP) is -0.438. The summed E-state index contributed by atoms with van der Waals surface area (Å²) in [7, 11) is -3.11. The quantitative estimate of drug-likeness (QED) is 0.748. The molecule has 2 N–H and O–H groups in total. The van der Waals surface area contributed by atoms with Crippen molar-refractivity contribution in [3.05, 3.63) is 24.0 Å². The van der Waals surface area contributed by atoms with Gasteiger partial charge in [0, 0.05) is 19.0 Å². The van der Waals surface area contributed by atoms with Crippen LogP contribution in [-0.2, 0) is 9.84 Å². The maximum Gasteiger partial charge on any atom is 0.273 e. The van der Waals surface area contributed by atoms with Gasteiger partial charge in [-0.25, -0.2) is 13.4 Å². The average molecular weight is 244 g/mol. The Hall–Kier alpha value is -1.63. The molecular formula is C9H12N2O4S. The van der Waals surface area contributed by atoms with Gasteiger partial charge < -0.3 is 10.4 Å². The molecule has 0 atom stereocenters. The Morgan fingerprint density at radius 2 is 2.25 bits per heavy atom. The number of aromatic hydroxyl groups is 1. The number of carbonyl (C=O) groups is 1. The zero-order valence-corrected chi connectivity index (χ0v) is 9.49. The molecular weight excluding hydrogens is 232 g/mol. The Kier molecular flexibility index (Phi) is 3.83. The first-order valence-electron chi connectivity index (χ1n) is 4.50. The average Bonchev–Trinajstić information content (AvgIpc) is 2.16. The van der Waals surface area contributed by atoms with Crippen LogP contribution in [0, 0.1) is 0 Å². The highest BCUT2D eigenvalue weighted by molar-refractivity contribution is 7.90. The molecule has 1 aromatic rings. The molecule has 0 saturated carbocycles. The van der Waals surface area contributed by atoms with E-state index in [9.17, 15) is 18.3 Å². The molecule has 7 heteroatoms. The fourth-order valence-corrected chi connectivity index (χ4v) is 1.48. The van der Waals surface area contributed by atoms with E-state index in [1.165, 1.54) is 18.3 Å². The third-order valence-electron chi connectivity index (χ3n) is 1.76. The maximum atomic E-state index is 11.4. The van der Waals surface area contributed by atoms with E-state index in [1.54, 1.807) is 0 Å². The highest BCUT2D eigenvalue weighted by Crippen LogP contribution is 2.11. The molecule has 1 rings (SSSR count). The van der Waals surface area contributed by atoms with E-state index >= 15 is 0 Å². The fourth-order valence-electron chi connectivity index (χ4n) is 1.01. The minimum atomic E-state index is -3.11. The van der Waals surface area contributed by atoms with E-state index in [2.05, 4.69) is 10.3 Å². The lowest BCUT2D eigenvalue weighted by atomic mass is 10.3. The van der Waals surface area contributed by atoms with Crippen molar-refractivity contribution in [3.8, 4) is 5.75 Å². The topological polar surface area (TPSA) is 96.4 Å². The van der Waals surface area contributed by atoms with Crippen molar-refractivity contribution in [2.24, 2.45) is 0 Å². The van der Waals surface area contributed by atoms with Gasteiger partial charge in [-0.3, -0.25) is 4.79 Å². The van der Waals surface area contributed by atoms with Crippen molar-refractivity contribution in [1.29, 1.82) is 0 Å². The zero-order valence-electron chi connectivity index (χ0n) is 8.67. The number of carbonyl (C=O) groups excluding carboxylic acids is 1. The van der Waals surface area contributed by atoms with Gasteiger partial charge in [0.2, 0.25) is 0 Å². The van der Waals surface area contributed by atoms with E-state index in [1.807, 2.05) is 0 Å². The number of rotatable bonds is 4. The van der Waals surface area contributed by atoms with Gasteiger partial charge in [-0.05, 0) is 12.1 Å². The van der Waals surface area contributed by atoms with E-state index in [-0.39, 0.29) is 23.7 Å². The monoisotopic (exact) mass is 244 g/mol. The molecule has 0 radical (unpaired) electrons. The van der Waals surface area contributed by atoms with Crippen LogP contribution in [0.5, 0.6) is 5.75 Å². The second-order valence-electron chi connectivity index (χ2n) is 3.26. The van der Waals surface area contributed by atoms with Crippen molar-refractivity contribution < 1.29 is 18.3 Å². The molecule has 0 spiro atoms. The number of aromatic nitrogens is 1. The standard InChI is InChI=1S/C9H12N2O4S/c1-16(14,15)6-5-11-9(13)8-7(12)3-2-4-10-8/h2-4,12H,5-6H2,1H3,(H,11,13). The van der Waals surface area contributed by atoms with Crippen molar-refractivity contribution >= 4 is 15.7 Å². The number of hydrogen-bond donors (Lipinski definition) is 2. The fraction of sp³-hybridized carbons (Fsp3) is 0.333. The van der Waals surface area contributed by atoms with Gasteiger partial charge >= 0.3 is 0 Å². The lowest BCUT2D eigenvalue weighted by molar-refractivity contribution is 0.0948. The number of nitrogens with zero attached hydrogens (tertiary/aromatic N) is 1. The van der Waals surface area contributed by atoms with Gasteiger partial charge in [0.05, 0.1) is 5.75 Å². The SMILES string of the molecule is CS(=O)(=O)CCNC(=O)c1ncccc1O. The molecule has 1 heterocycles. The second-order valence-corrected chi connectivity index (χ2v) is 5.52. The summed E-state index contributed by atoms with van der Waals surface area (Å²) in [5, 5.41) is 11.7. The number of hydrogen-bond acceptors (Lipinski definition) is 5. The highest BCUT2D eigenvalue weighted by Gasteiger charge is 2.12. The largest absolute Gasteiger partial charge is 0.505 e. The number of nitrogens with one attached hydrogen (secondary N) is 1. The van der Waals surface area contributed by atoms with Gasteiger partial charge in [-0.15, -0.1) is 0 Å². The lowest BCUT2D eigenvalue weighted by Crippen LogP contribution is -2.29. The van der Waals surface area contributed by atoms with E-state index in [0.29, 0.717) is 0 Å². The summed E-state index contributed by atoms with van der Waals surface area (Å²) in [5.74, 6) is -0.979. The molecule has 0 unspecified atom stereocenters. The van der Waals surface area contributed by atoms with Gasteiger partial charge in [-0.1, -0.05) is 0 Å². The molecule has 1 aromatic heterocycles. The van der Waals surface area contributed by atoms with Crippen LogP contribution in [0.25, 0.3) is 0 Å². The molecule has 16 heavy (non-hydrogen) atoms. The minimum Gasteiger partial charge on any atom is -0.505 e. The van der Waals surface area contributed by atoms with Gasteiger partial charge in [0.1, 0.15) is 15.6 Å². The number of sulfone groups is 1. The zero-order chi connectivity index (χ0) is 12.2. The Morgan fingerprint density at radius 3 is 2.81 bits per heavy atom. The van der Waals surface area contributed by atoms with Crippen molar-refractivity contribution in [2.45, 2.75) is 0 Å². The molecule has 0 aliphatic heterocycles. The second kappa shape index (κ2) is 4.93. The third kappa shape index (κ3) is 3.85. The van der Waals surface area contributed by atoms with Crippen LogP contribution in [0.2, 0.25) is 0 Å². The first-order valence-corrected chi connectivity index (χ1v) is 6.56. The smallest absolute Gasteiger partial charge is 0.273 e. The first kappa shape index (κ1) is 12.4. The summed E-state index contributed by atoms with van der Waals surface area (Å²) >= 11 is 0. The van der Waals surface area contributed by atoms with Crippen LogP contribution in [0.1, 0.15) is 10.5 Å². The molecule has 0 fully saturated rings. The van der Waals surface area contributed by atoms with Crippen molar-refractivity contribution in [2.75, 3.05) is 18.6 Å². The van der Waals surface area contributed by atoms with Crippen molar-refractivity contribution in [1.82, 2.24) is 10.3 Å². The van der Waals surface area contributed by atoms with Crippen LogP contribution >= 0.6 is 0 Å². The number of pyridine rings is 1. The van der Waals surface area contributed by atoms with Crippen molar-refractivity contribution in [3.63, 3.8) is 0 Å². The third-order valence-corrected chi connectivity index (χ3v) is 2.71. The Morgan fingerprint density at radius 1 is 1.56 bits per heavy atom. The molecule has 0 aliphatic carbocycles. The van der Waals surface area contributed by atoms with Gasteiger partial charge in [0.25, 0.3) is 5.91 Å². The first-order chi connectivity index (χ1) is 7.40. The van der Waals surface area contributed by atoms with Gasteiger partial charge in [0.15, 0.2) is 5.69 Å². The van der Waals surface area contributed by atoms with E-state index in [0.717, 1.165) is 6.26 Å². The van der Waals surface area contributed by atoms with E-state index < -0.39 is 15.7 Å². The molecule has 88 valence electrons. The molecule has 6 nitrogen and oxygen atoms in total. The van der Waals surface area contributed by atoms with Crippen LogP contribution < -0.4 is 5.32 Å². The summed E-state index contributed by atoms with van der Waals surface area (Å²) < 4.78 is 21.6. The maximum absolute atomic E-state index is 11.4. The number of amides is 1. The summed E-state index contributed by atoms with van der Waals surface area (Å²) in [5.41, 5.74) is -0.115. The molecule has 0 aliphatic rings. The lowest BCUT2D eigenvalue weighted by Gasteiger charge is -2.04. The summed E-state index contributed by atoms with van der Waals surface area (Å²) in [4.78, 5) is 15.1. The molecule has 0 aromatic carbocycles. The summed E-state index contributed by atoms with van der Waals surface area (Å²) in [6.07, 6.45) is 2.45. The normalized spacial score (nSPS) is 11.1. The van der Waals surface area contributed by atoms with Crippen LogP contribution in [0.4, 0.5) is 0 Å². The van der Waals surface area contributed by atoms with Crippen LogP contribution in [-0.4, -0.2) is 43.0 Å².